The van der Waals surface area contributed by atoms with Crippen molar-refractivity contribution >= 4 is 42.1 Å². The van der Waals surface area contributed by atoms with Crippen molar-refractivity contribution in [2.75, 3.05) is 0 Å². The maximum atomic E-state index is 11.8. The Kier molecular flexibility index (Phi) is 15.9. The van der Waals surface area contributed by atoms with E-state index in [9.17, 15) is 5.11 Å². The molecule has 2 saturated carbocycles. The molecule has 0 N–H and O–H groups in total. The van der Waals surface area contributed by atoms with Gasteiger partial charge in [0.2, 0.25) is 0 Å². The molecule has 0 spiro atoms. The third kappa shape index (κ3) is 11.7. The van der Waals surface area contributed by atoms with Gasteiger partial charge in [0.05, 0.1) is 0 Å². The molecular weight excluding hydrogens is 675 g/mol. The first-order valence-electron chi connectivity index (χ1n) is 13.9. The van der Waals surface area contributed by atoms with E-state index < -0.39 is 19.8 Å². The van der Waals surface area contributed by atoms with Crippen LogP contribution in [0.5, 0.6) is 0 Å². The van der Waals surface area contributed by atoms with E-state index in [1.165, 1.54) is 10.7 Å². The van der Waals surface area contributed by atoms with Crippen LogP contribution < -0.4 is 15.8 Å². The summed E-state index contributed by atoms with van der Waals surface area (Å²) < 4.78 is 4.59. The minimum absolute atomic E-state index is 0. The van der Waals surface area contributed by atoms with E-state index in [-0.39, 0.29) is 23.0 Å². The maximum absolute atomic E-state index is 11.8. The molecular formula is C38H34FeN2OSn+2. The summed E-state index contributed by atoms with van der Waals surface area (Å²) >= 11 is -1.98. The summed E-state index contributed by atoms with van der Waals surface area (Å²) in [6.45, 7) is 3.81. The quantitative estimate of drug-likeness (QED) is 0.119. The van der Waals surface area contributed by atoms with E-state index in [4.69, 9.17) is 0 Å². The van der Waals surface area contributed by atoms with Gasteiger partial charge in [0.25, 0.3) is 0 Å². The molecule has 43 heavy (non-hydrogen) atoms. The van der Waals surface area contributed by atoms with Crippen LogP contribution in [0.25, 0.3) is 0 Å². The van der Waals surface area contributed by atoms with Crippen molar-refractivity contribution in [2.45, 2.75) is 13.8 Å². The van der Waals surface area contributed by atoms with Crippen molar-refractivity contribution in [3.05, 3.63) is 190 Å². The molecule has 0 aromatic heterocycles. The zero-order valence-corrected chi connectivity index (χ0v) is 28.3. The number of aryl methyl sites for hydroxylation is 1. The molecule has 6 rings (SSSR count). The van der Waals surface area contributed by atoms with Gasteiger partial charge < -0.3 is 5.11 Å². The Bertz CT molecular complexity index is 1260. The van der Waals surface area contributed by atoms with Crippen LogP contribution in [0, 0.1) is 70.6 Å². The third-order valence-corrected chi connectivity index (χ3v) is 14.2. The van der Waals surface area contributed by atoms with E-state index in [0.717, 1.165) is 17.2 Å². The first-order valence-corrected chi connectivity index (χ1v) is 18.2. The molecule has 2 aliphatic rings. The van der Waals surface area contributed by atoms with Crippen molar-refractivity contribution in [1.29, 1.82) is 0 Å². The van der Waals surface area contributed by atoms with Crippen LogP contribution >= 0.6 is 0 Å². The third-order valence-electron chi connectivity index (χ3n) is 6.41. The van der Waals surface area contributed by atoms with Crippen molar-refractivity contribution in [3.63, 3.8) is 0 Å². The SMILES string of the molecule is C/C(=N/N=C(\[O-])c1ccc(C)cc1)[C]1[CH][CH][CH][CH]1.[CH]1[CH][CH][CH][CH]1.[Fe+2].c1cc[c]([Sn+]([c]2ccccc2)[c]2ccccc2)cc1. The van der Waals surface area contributed by atoms with Crippen LogP contribution in [-0.4, -0.2) is 31.4 Å². The molecule has 5 heteroatoms. The molecule has 0 heterocycles. The molecule has 0 aliphatic heterocycles. The van der Waals surface area contributed by atoms with Crippen LogP contribution in [0.2, 0.25) is 0 Å². The second kappa shape index (κ2) is 19.6. The van der Waals surface area contributed by atoms with Gasteiger partial charge in [-0.2, -0.15) is 10.2 Å². The summed E-state index contributed by atoms with van der Waals surface area (Å²) in [7, 11) is 0. The van der Waals surface area contributed by atoms with Crippen molar-refractivity contribution in [3.8, 4) is 0 Å². The van der Waals surface area contributed by atoms with Gasteiger partial charge >= 0.3 is 139 Å². The van der Waals surface area contributed by atoms with Crippen molar-refractivity contribution in [2.24, 2.45) is 10.2 Å². The Morgan fingerprint density at radius 3 is 1.33 bits per heavy atom. The fourth-order valence-electron chi connectivity index (χ4n) is 4.18. The molecule has 0 bridgehead atoms. The van der Waals surface area contributed by atoms with E-state index in [0.29, 0.717) is 5.56 Å². The molecule has 0 unspecified atom stereocenters. The molecule has 0 atom stereocenters. The van der Waals surface area contributed by atoms with Crippen molar-refractivity contribution < 1.29 is 22.2 Å². The van der Waals surface area contributed by atoms with Gasteiger partial charge in [-0.3, -0.25) is 0 Å². The molecule has 212 valence electrons. The molecule has 0 amide bonds. The van der Waals surface area contributed by atoms with Gasteiger partial charge in [-0.25, -0.2) is 0 Å². The predicted octanol–water partition coefficient (Wildman–Crippen LogP) is 5.10. The molecule has 0 saturated heterocycles. The Morgan fingerprint density at radius 2 is 0.930 bits per heavy atom. The molecule has 2 aliphatic carbocycles. The molecule has 3 nitrogen and oxygen atoms in total. The number of hydrogen-bond donors (Lipinski definition) is 0. The molecule has 4 aromatic carbocycles. The summed E-state index contributed by atoms with van der Waals surface area (Å²) in [6, 6.07) is 40.2. The van der Waals surface area contributed by atoms with Crippen LogP contribution in [-0.2, 0) is 17.1 Å². The predicted molar refractivity (Wildman–Crippen MR) is 177 cm³/mol. The monoisotopic (exact) mass is 710 g/mol. The Labute approximate surface area is 276 Å². The van der Waals surface area contributed by atoms with Gasteiger partial charge in [-0.05, 0) is 77.2 Å². The normalized spacial score (nSPS) is 14.9. The van der Waals surface area contributed by atoms with Crippen LogP contribution in [0.3, 0.4) is 0 Å². The number of benzene rings is 4. The average molecular weight is 709 g/mol. The molecule has 4 aromatic rings. The Balaban J connectivity index is 0.000000199. The van der Waals surface area contributed by atoms with E-state index in [1.807, 2.05) is 83.8 Å². The summed E-state index contributed by atoms with van der Waals surface area (Å²) in [4.78, 5) is 0. The number of nitrogens with zero attached hydrogens (tertiary/aromatic N) is 2. The van der Waals surface area contributed by atoms with Gasteiger partial charge in [-0.15, -0.1) is 0 Å². The first-order chi connectivity index (χ1) is 20.6. The molecule has 2 fully saturated rings. The number of rotatable bonds is 6. The summed E-state index contributed by atoms with van der Waals surface area (Å²) in [5.41, 5.74) is 2.41. The van der Waals surface area contributed by atoms with E-state index in [2.05, 4.69) is 101 Å². The second-order valence-corrected chi connectivity index (χ2v) is 16.6. The van der Waals surface area contributed by atoms with E-state index >= 15 is 0 Å². The fraction of sp³-hybridized carbons (Fsp3) is 0.0526. The Morgan fingerprint density at radius 1 is 0.535 bits per heavy atom. The van der Waals surface area contributed by atoms with Crippen LogP contribution in [0.4, 0.5) is 0 Å². The van der Waals surface area contributed by atoms with Gasteiger partial charge in [-0.1, -0.05) is 29.8 Å². The van der Waals surface area contributed by atoms with Gasteiger partial charge in [0.15, 0.2) is 0 Å². The van der Waals surface area contributed by atoms with Gasteiger partial charge in [0.1, 0.15) is 0 Å². The fourth-order valence-corrected chi connectivity index (χ4v) is 11.5. The standard InChI is InChI=1S/C15H15N2O.3C6H5.C5H5.Fe.Sn/c1-11-7-9-14(10-8-11)15(18)17-16-12(2)13-5-3-4-6-13;3*1-2-4-6-5-3-1;1-2-4-5-3-1;;/h3-10H,1-2H3,(H,17,18);3*1-5H;1-5H;;/q;;;;;+2;+1/p-1/b16-12-;;;;;;. The molecule has 10 radical (unpaired) electrons. The topological polar surface area (TPSA) is 47.8 Å². The van der Waals surface area contributed by atoms with Crippen molar-refractivity contribution in [1.82, 2.24) is 0 Å². The zero-order chi connectivity index (χ0) is 29.4. The average Bonchev–Trinajstić information content (AvgIpc) is 3.81. The number of hydrogen-bond acceptors (Lipinski definition) is 3. The van der Waals surface area contributed by atoms with Crippen LogP contribution in [0.15, 0.2) is 125 Å². The van der Waals surface area contributed by atoms with Gasteiger partial charge in [0, 0.05) is 17.5 Å². The first kappa shape index (κ1) is 34.8. The summed E-state index contributed by atoms with van der Waals surface area (Å²) in [5.74, 6) is 0.663. The summed E-state index contributed by atoms with van der Waals surface area (Å²) in [6.07, 6.45) is 17.7. The summed E-state index contributed by atoms with van der Waals surface area (Å²) in [5, 5.41) is 19.4. The minimum atomic E-state index is -1.98. The zero-order valence-electron chi connectivity index (χ0n) is 24.3. The Hall–Kier alpha value is -2.66. The second-order valence-electron chi connectivity index (χ2n) is 9.57. The van der Waals surface area contributed by atoms with Crippen LogP contribution in [0.1, 0.15) is 18.1 Å². The van der Waals surface area contributed by atoms with E-state index in [1.54, 1.807) is 12.1 Å².